The van der Waals surface area contributed by atoms with E-state index in [0.29, 0.717) is 6.42 Å². The van der Waals surface area contributed by atoms with Crippen LogP contribution in [0.1, 0.15) is 44.9 Å². The average molecular weight is 297 g/mol. The van der Waals surface area contributed by atoms with Crippen molar-refractivity contribution in [1.82, 2.24) is 0 Å². The van der Waals surface area contributed by atoms with Crippen molar-refractivity contribution in [3.05, 3.63) is 23.4 Å². The minimum atomic E-state index is -1.17. The summed E-state index contributed by atoms with van der Waals surface area (Å²) in [4.78, 5) is 0. The van der Waals surface area contributed by atoms with Gasteiger partial charge in [0.25, 0.3) is 0 Å². The lowest BCUT2D eigenvalue weighted by atomic mass is 9.97. The van der Waals surface area contributed by atoms with E-state index < -0.39 is 14.2 Å². The van der Waals surface area contributed by atoms with E-state index in [9.17, 15) is 5.11 Å². The van der Waals surface area contributed by atoms with Crippen LogP contribution in [0.15, 0.2) is 23.4 Å². The highest BCUT2D eigenvalue weighted by atomic mass is 28.3. The fourth-order valence-corrected chi connectivity index (χ4v) is 4.42. The Balaban J connectivity index is 2.52. The highest BCUT2D eigenvalue weighted by molar-refractivity contribution is 6.81. The van der Waals surface area contributed by atoms with Crippen LogP contribution in [0.4, 0.5) is 0 Å². The van der Waals surface area contributed by atoms with E-state index in [1.54, 1.807) is 5.57 Å². The van der Waals surface area contributed by atoms with Crippen LogP contribution >= 0.6 is 0 Å². The maximum atomic E-state index is 9.33. The van der Waals surface area contributed by atoms with Crippen molar-refractivity contribution in [1.29, 1.82) is 0 Å². The molecule has 0 amide bonds. The molecule has 116 valence electrons. The van der Waals surface area contributed by atoms with Gasteiger partial charge < -0.3 is 10.2 Å². The Bertz CT molecular complexity index is 322. The summed E-state index contributed by atoms with van der Waals surface area (Å²) in [6, 6.07) is 0. The van der Waals surface area contributed by atoms with Gasteiger partial charge in [-0.2, -0.15) is 0 Å². The van der Waals surface area contributed by atoms with E-state index in [-0.39, 0.29) is 6.61 Å². The first-order valence-corrected chi connectivity index (χ1v) is 11.6. The molecule has 1 aliphatic carbocycles. The second kappa shape index (κ2) is 8.80. The molecule has 3 heteroatoms. The summed E-state index contributed by atoms with van der Waals surface area (Å²) >= 11 is 0. The number of hydrogen-bond donors (Lipinski definition) is 2. The lowest BCUT2D eigenvalue weighted by molar-refractivity contribution is 0.0975. The quantitative estimate of drug-likeness (QED) is 0.524. The molecule has 1 saturated carbocycles. The van der Waals surface area contributed by atoms with Gasteiger partial charge in [-0.1, -0.05) is 68.7 Å². The molecule has 0 radical (unpaired) electrons. The standard InChI is InChI=1S/C17H32O2Si/c1-20(2,3)14-16(12-15-8-4-5-9-15)10-6-7-11-17(19)13-18/h6-7,14-15,17-19H,4-5,8-13H2,1-3H3/b7-6+,16-14+. The number of aliphatic hydroxyl groups is 2. The van der Waals surface area contributed by atoms with E-state index in [1.165, 1.54) is 32.1 Å². The van der Waals surface area contributed by atoms with Gasteiger partial charge in [-0.3, -0.25) is 0 Å². The molecule has 0 aliphatic heterocycles. The third-order valence-corrected chi connectivity index (χ3v) is 5.10. The predicted octanol–water partition coefficient (Wildman–Crippen LogP) is 4.06. The molecule has 0 aromatic carbocycles. The molecule has 1 fully saturated rings. The summed E-state index contributed by atoms with van der Waals surface area (Å²) in [5, 5.41) is 18.1. The molecule has 1 rings (SSSR count). The van der Waals surface area contributed by atoms with Crippen LogP contribution in [0.2, 0.25) is 19.6 Å². The van der Waals surface area contributed by atoms with Gasteiger partial charge in [-0.15, -0.1) is 0 Å². The van der Waals surface area contributed by atoms with Crippen molar-refractivity contribution in [2.24, 2.45) is 5.92 Å². The third-order valence-electron chi connectivity index (χ3n) is 3.83. The maximum Gasteiger partial charge on any atom is 0.0805 e. The van der Waals surface area contributed by atoms with Crippen molar-refractivity contribution < 1.29 is 10.2 Å². The molecule has 0 aromatic rings. The second-order valence-electron chi connectivity index (χ2n) is 7.27. The van der Waals surface area contributed by atoms with Gasteiger partial charge in [0.2, 0.25) is 0 Å². The molecule has 1 atom stereocenters. The van der Waals surface area contributed by atoms with E-state index in [1.807, 2.05) is 6.08 Å². The fraction of sp³-hybridized carbons (Fsp3) is 0.765. The monoisotopic (exact) mass is 296 g/mol. The van der Waals surface area contributed by atoms with E-state index in [4.69, 9.17) is 5.11 Å². The van der Waals surface area contributed by atoms with E-state index >= 15 is 0 Å². The van der Waals surface area contributed by atoms with Gasteiger partial charge in [0, 0.05) is 0 Å². The fourth-order valence-electron chi connectivity index (χ4n) is 2.96. The van der Waals surface area contributed by atoms with Crippen LogP contribution in [0.25, 0.3) is 0 Å². The second-order valence-corrected chi connectivity index (χ2v) is 12.3. The van der Waals surface area contributed by atoms with Gasteiger partial charge in [0.05, 0.1) is 20.8 Å². The minimum absolute atomic E-state index is 0.149. The van der Waals surface area contributed by atoms with Gasteiger partial charge >= 0.3 is 0 Å². The smallest absolute Gasteiger partial charge is 0.0805 e. The lowest BCUT2D eigenvalue weighted by Gasteiger charge is -2.17. The Morgan fingerprint density at radius 2 is 1.85 bits per heavy atom. The Labute approximate surface area is 125 Å². The van der Waals surface area contributed by atoms with Crippen molar-refractivity contribution in [2.75, 3.05) is 6.61 Å². The van der Waals surface area contributed by atoms with Gasteiger partial charge in [-0.05, 0) is 25.2 Å². The van der Waals surface area contributed by atoms with Crippen LogP contribution in [-0.2, 0) is 0 Å². The molecule has 0 spiro atoms. The molecule has 2 N–H and O–H groups in total. The maximum absolute atomic E-state index is 9.33. The number of hydrogen-bond acceptors (Lipinski definition) is 2. The molecule has 1 aliphatic rings. The van der Waals surface area contributed by atoms with Crippen molar-refractivity contribution in [2.45, 2.75) is 70.7 Å². The Kier molecular flexibility index (Phi) is 7.78. The summed E-state index contributed by atoms with van der Waals surface area (Å²) < 4.78 is 0. The minimum Gasteiger partial charge on any atom is -0.394 e. The summed E-state index contributed by atoms with van der Waals surface area (Å²) in [5.74, 6) is 0.897. The van der Waals surface area contributed by atoms with E-state index in [2.05, 4.69) is 31.4 Å². The molecule has 2 nitrogen and oxygen atoms in total. The molecule has 0 aromatic heterocycles. The van der Waals surface area contributed by atoms with Crippen molar-refractivity contribution in [3.63, 3.8) is 0 Å². The molecular weight excluding hydrogens is 264 g/mol. The topological polar surface area (TPSA) is 40.5 Å². The van der Waals surface area contributed by atoms with Crippen molar-refractivity contribution in [3.8, 4) is 0 Å². The molecule has 0 saturated heterocycles. The van der Waals surface area contributed by atoms with E-state index in [0.717, 1.165) is 12.3 Å². The van der Waals surface area contributed by atoms with Crippen LogP contribution in [-0.4, -0.2) is 31.0 Å². The van der Waals surface area contributed by atoms with Gasteiger partial charge in [0.1, 0.15) is 0 Å². The Morgan fingerprint density at radius 1 is 1.20 bits per heavy atom. The normalized spacial score (nSPS) is 19.9. The van der Waals surface area contributed by atoms with Gasteiger partial charge in [0.15, 0.2) is 0 Å². The van der Waals surface area contributed by atoms with Crippen molar-refractivity contribution >= 4 is 8.07 Å². The first kappa shape index (κ1) is 17.7. The van der Waals surface area contributed by atoms with Crippen LogP contribution < -0.4 is 0 Å². The predicted molar refractivity (Wildman–Crippen MR) is 89.5 cm³/mol. The zero-order valence-electron chi connectivity index (χ0n) is 13.4. The number of rotatable bonds is 8. The largest absolute Gasteiger partial charge is 0.394 e. The molecule has 0 bridgehead atoms. The van der Waals surface area contributed by atoms with Crippen LogP contribution in [0, 0.1) is 5.92 Å². The van der Waals surface area contributed by atoms with Crippen LogP contribution in [0.5, 0.6) is 0 Å². The number of allylic oxidation sites excluding steroid dienone is 2. The molecule has 20 heavy (non-hydrogen) atoms. The molecule has 0 heterocycles. The average Bonchev–Trinajstić information content (AvgIpc) is 2.85. The molecular formula is C17H32O2Si. The zero-order valence-corrected chi connectivity index (χ0v) is 14.4. The summed E-state index contributed by atoms with van der Waals surface area (Å²) in [6.45, 7) is 7.02. The highest BCUT2D eigenvalue weighted by Crippen LogP contribution is 2.31. The molecule has 1 unspecified atom stereocenters. The summed E-state index contributed by atoms with van der Waals surface area (Å²) in [7, 11) is -1.17. The first-order chi connectivity index (χ1) is 9.40. The van der Waals surface area contributed by atoms with Gasteiger partial charge in [-0.25, -0.2) is 0 Å². The first-order valence-electron chi connectivity index (χ1n) is 8.05. The Morgan fingerprint density at radius 3 is 2.40 bits per heavy atom. The highest BCUT2D eigenvalue weighted by Gasteiger charge is 2.18. The Hall–Kier alpha value is -0.383. The lowest BCUT2D eigenvalue weighted by Crippen LogP contribution is -2.17. The third kappa shape index (κ3) is 8.03. The summed E-state index contributed by atoms with van der Waals surface area (Å²) in [5.41, 5.74) is 4.14. The number of aliphatic hydroxyl groups excluding tert-OH is 2. The van der Waals surface area contributed by atoms with Crippen LogP contribution in [0.3, 0.4) is 0 Å². The zero-order chi connectivity index (χ0) is 15.0. The summed E-state index contributed by atoms with van der Waals surface area (Å²) in [6.07, 6.45) is 12.0. The SMILES string of the molecule is C[Si](C)(C)/C=C(\C/C=C/CC(O)CO)CC1CCCC1.